The fourth-order valence-corrected chi connectivity index (χ4v) is 3.35. The summed E-state index contributed by atoms with van der Waals surface area (Å²) in [7, 11) is 0. The van der Waals surface area contributed by atoms with Gasteiger partial charge in [-0.3, -0.25) is 19.3 Å². The molecule has 0 spiro atoms. The molecule has 0 unspecified atom stereocenters. The second-order valence-corrected chi connectivity index (χ2v) is 6.33. The number of hydrogen-bond acceptors (Lipinski definition) is 3. The van der Waals surface area contributed by atoms with E-state index in [9.17, 15) is 27.6 Å². The van der Waals surface area contributed by atoms with Gasteiger partial charge in [0.25, 0.3) is 17.7 Å². The third-order valence-electron chi connectivity index (χ3n) is 4.57. The predicted molar refractivity (Wildman–Crippen MR) is 82.2 cm³/mol. The van der Waals surface area contributed by atoms with Gasteiger partial charge in [-0.05, 0) is 31.0 Å². The highest BCUT2D eigenvalue weighted by Crippen LogP contribution is 2.31. The lowest BCUT2D eigenvalue weighted by molar-refractivity contribution is -0.123. The highest BCUT2D eigenvalue weighted by Gasteiger charge is 2.40. The molecular formula is C17H17F3N2O3. The van der Waals surface area contributed by atoms with Crippen molar-refractivity contribution in [3.8, 4) is 0 Å². The number of nitrogens with zero attached hydrogens (tertiary/aromatic N) is 1. The number of amides is 3. The summed E-state index contributed by atoms with van der Waals surface area (Å²) in [6, 6.07) is 3.65. The molecule has 0 radical (unpaired) electrons. The summed E-state index contributed by atoms with van der Waals surface area (Å²) in [6.45, 7) is -1.45. The van der Waals surface area contributed by atoms with Crippen LogP contribution in [0, 0.1) is 0 Å². The molecule has 1 aliphatic heterocycles. The molecule has 134 valence electrons. The number of fused-ring (bicyclic) bond motifs is 1. The van der Waals surface area contributed by atoms with E-state index in [1.165, 1.54) is 23.1 Å². The number of alkyl halides is 3. The SMILES string of the molecule is O=C(NCC(F)(F)F)c1ccc2c(c1)C(=O)N(C1CCCCC1)C2=O. The van der Waals surface area contributed by atoms with Gasteiger partial charge in [0.1, 0.15) is 6.54 Å². The van der Waals surface area contributed by atoms with E-state index in [0.717, 1.165) is 32.1 Å². The van der Waals surface area contributed by atoms with Crippen molar-refractivity contribution in [1.82, 2.24) is 10.2 Å². The zero-order valence-electron chi connectivity index (χ0n) is 13.4. The van der Waals surface area contributed by atoms with Crippen molar-refractivity contribution >= 4 is 17.7 Å². The van der Waals surface area contributed by atoms with Crippen LogP contribution in [0.15, 0.2) is 18.2 Å². The molecule has 0 bridgehead atoms. The van der Waals surface area contributed by atoms with Crippen LogP contribution in [0.4, 0.5) is 13.2 Å². The molecule has 5 nitrogen and oxygen atoms in total. The predicted octanol–water partition coefficient (Wildman–Crippen LogP) is 2.91. The van der Waals surface area contributed by atoms with Gasteiger partial charge in [0.15, 0.2) is 0 Å². The molecule has 25 heavy (non-hydrogen) atoms. The van der Waals surface area contributed by atoms with Crippen LogP contribution in [0.25, 0.3) is 0 Å². The topological polar surface area (TPSA) is 66.5 Å². The van der Waals surface area contributed by atoms with Gasteiger partial charge in [-0.1, -0.05) is 19.3 Å². The van der Waals surface area contributed by atoms with Crippen LogP contribution in [-0.4, -0.2) is 41.4 Å². The smallest absolute Gasteiger partial charge is 0.343 e. The van der Waals surface area contributed by atoms with Crippen molar-refractivity contribution in [2.45, 2.75) is 44.3 Å². The fraction of sp³-hybridized carbons (Fsp3) is 0.471. The summed E-state index contributed by atoms with van der Waals surface area (Å²) in [4.78, 5) is 38.2. The Bertz CT molecular complexity index is 724. The average molecular weight is 354 g/mol. The second kappa shape index (κ2) is 6.50. The molecule has 1 heterocycles. The minimum Gasteiger partial charge on any atom is -0.343 e. The highest BCUT2D eigenvalue weighted by atomic mass is 19.4. The summed E-state index contributed by atoms with van der Waals surface area (Å²) >= 11 is 0. The van der Waals surface area contributed by atoms with Crippen LogP contribution in [0.2, 0.25) is 0 Å². The summed E-state index contributed by atoms with van der Waals surface area (Å²) in [5.74, 6) is -1.80. The van der Waals surface area contributed by atoms with Crippen molar-refractivity contribution < 1.29 is 27.6 Å². The van der Waals surface area contributed by atoms with Gasteiger partial charge in [-0.15, -0.1) is 0 Å². The Hall–Kier alpha value is -2.38. The normalized spacial score (nSPS) is 18.4. The number of rotatable bonds is 3. The van der Waals surface area contributed by atoms with Crippen molar-refractivity contribution in [3.05, 3.63) is 34.9 Å². The molecule has 1 aliphatic carbocycles. The van der Waals surface area contributed by atoms with E-state index in [4.69, 9.17) is 0 Å². The molecule has 0 saturated heterocycles. The summed E-state index contributed by atoms with van der Waals surface area (Å²) in [5, 5.41) is 1.76. The molecule has 8 heteroatoms. The minimum absolute atomic E-state index is 0.0744. The lowest BCUT2D eigenvalue weighted by atomic mass is 9.94. The van der Waals surface area contributed by atoms with E-state index in [2.05, 4.69) is 0 Å². The van der Waals surface area contributed by atoms with Gasteiger partial charge in [0.2, 0.25) is 0 Å². The third-order valence-corrected chi connectivity index (χ3v) is 4.57. The van der Waals surface area contributed by atoms with Crippen LogP contribution < -0.4 is 5.32 Å². The van der Waals surface area contributed by atoms with Crippen LogP contribution in [0.3, 0.4) is 0 Å². The van der Waals surface area contributed by atoms with E-state index in [1.807, 2.05) is 0 Å². The fourth-order valence-electron chi connectivity index (χ4n) is 3.35. The van der Waals surface area contributed by atoms with Crippen molar-refractivity contribution in [2.75, 3.05) is 6.54 Å². The van der Waals surface area contributed by atoms with Crippen molar-refractivity contribution in [3.63, 3.8) is 0 Å². The van der Waals surface area contributed by atoms with E-state index < -0.39 is 30.4 Å². The molecular weight excluding hydrogens is 337 g/mol. The molecule has 0 aromatic heterocycles. The summed E-state index contributed by atoms with van der Waals surface area (Å²) in [6.07, 6.45) is -0.0414. The largest absolute Gasteiger partial charge is 0.405 e. The maximum absolute atomic E-state index is 12.6. The van der Waals surface area contributed by atoms with Crippen molar-refractivity contribution in [1.29, 1.82) is 0 Å². The number of carbonyl (C=O) groups is 3. The summed E-state index contributed by atoms with van der Waals surface area (Å²) < 4.78 is 36.6. The molecule has 3 amide bonds. The average Bonchev–Trinajstić information content (AvgIpc) is 2.83. The number of carbonyl (C=O) groups excluding carboxylic acids is 3. The quantitative estimate of drug-likeness (QED) is 0.849. The number of hydrogen-bond donors (Lipinski definition) is 1. The van der Waals surface area contributed by atoms with Gasteiger partial charge in [-0.2, -0.15) is 13.2 Å². The van der Waals surface area contributed by atoms with Gasteiger partial charge in [0.05, 0.1) is 11.1 Å². The molecule has 1 aromatic carbocycles. The Labute approximate surface area is 142 Å². The lowest BCUT2D eigenvalue weighted by Crippen LogP contribution is -2.40. The first-order valence-electron chi connectivity index (χ1n) is 8.15. The number of imide groups is 1. The Balaban J connectivity index is 1.80. The molecule has 1 saturated carbocycles. The molecule has 2 aliphatic rings. The van der Waals surface area contributed by atoms with E-state index in [1.54, 1.807) is 5.32 Å². The Morgan fingerprint density at radius 1 is 1.08 bits per heavy atom. The monoisotopic (exact) mass is 354 g/mol. The number of halogens is 3. The highest BCUT2D eigenvalue weighted by molar-refractivity contribution is 6.22. The maximum atomic E-state index is 12.6. The lowest BCUT2D eigenvalue weighted by Gasteiger charge is -2.29. The Kier molecular flexibility index (Phi) is 4.53. The molecule has 1 aromatic rings. The van der Waals surface area contributed by atoms with E-state index >= 15 is 0 Å². The van der Waals surface area contributed by atoms with E-state index in [0.29, 0.717) is 0 Å². The van der Waals surface area contributed by atoms with Crippen LogP contribution in [-0.2, 0) is 0 Å². The van der Waals surface area contributed by atoms with Crippen LogP contribution in [0.1, 0.15) is 63.2 Å². The molecule has 3 rings (SSSR count). The van der Waals surface area contributed by atoms with Crippen molar-refractivity contribution in [2.24, 2.45) is 0 Å². The second-order valence-electron chi connectivity index (χ2n) is 6.33. The van der Waals surface area contributed by atoms with Gasteiger partial charge in [-0.25, -0.2) is 0 Å². The third kappa shape index (κ3) is 3.52. The van der Waals surface area contributed by atoms with Crippen LogP contribution >= 0.6 is 0 Å². The Morgan fingerprint density at radius 2 is 1.72 bits per heavy atom. The van der Waals surface area contributed by atoms with Gasteiger partial charge >= 0.3 is 6.18 Å². The van der Waals surface area contributed by atoms with Crippen LogP contribution in [0.5, 0.6) is 0 Å². The van der Waals surface area contributed by atoms with Gasteiger partial charge in [0, 0.05) is 11.6 Å². The molecule has 1 N–H and O–H groups in total. The zero-order valence-corrected chi connectivity index (χ0v) is 13.4. The zero-order chi connectivity index (χ0) is 18.2. The molecule has 0 atom stereocenters. The Morgan fingerprint density at radius 3 is 2.36 bits per heavy atom. The first-order chi connectivity index (χ1) is 11.8. The maximum Gasteiger partial charge on any atom is 0.405 e. The minimum atomic E-state index is -4.52. The number of nitrogens with one attached hydrogen (secondary N) is 1. The first-order valence-corrected chi connectivity index (χ1v) is 8.15. The standard InChI is InChI=1S/C17H17F3N2O3/c18-17(19,20)9-21-14(23)10-6-7-12-13(8-10)16(25)22(15(12)24)11-4-2-1-3-5-11/h6-8,11H,1-5,9H2,(H,21,23). The number of benzene rings is 1. The summed E-state index contributed by atoms with van der Waals surface area (Å²) in [5.41, 5.74) is 0.202. The first kappa shape index (κ1) is 17.4. The van der Waals surface area contributed by atoms with E-state index in [-0.39, 0.29) is 22.7 Å². The van der Waals surface area contributed by atoms with Gasteiger partial charge < -0.3 is 5.32 Å². The molecule has 1 fully saturated rings.